The Kier molecular flexibility index (Phi) is 4.88. The Morgan fingerprint density at radius 3 is 2.68 bits per heavy atom. The van der Waals surface area contributed by atoms with Crippen LogP contribution in [0.15, 0.2) is 65.8 Å². The molecule has 0 spiro atoms. The van der Waals surface area contributed by atoms with Crippen molar-refractivity contribution >= 4 is 22.5 Å². The number of aliphatic hydroxyl groups is 1. The molecule has 22 heavy (non-hydrogen) atoms. The molecule has 0 fully saturated rings. The van der Waals surface area contributed by atoms with Crippen LogP contribution in [0, 0.1) is 0 Å². The van der Waals surface area contributed by atoms with Gasteiger partial charge in [-0.05, 0) is 12.1 Å². The zero-order valence-corrected chi connectivity index (χ0v) is 12.7. The van der Waals surface area contributed by atoms with E-state index >= 15 is 0 Å². The van der Waals surface area contributed by atoms with Crippen molar-refractivity contribution in [1.29, 1.82) is 0 Å². The fourth-order valence-corrected chi connectivity index (χ4v) is 2.93. The van der Waals surface area contributed by atoms with Crippen LogP contribution >= 0.6 is 11.8 Å². The van der Waals surface area contributed by atoms with Crippen LogP contribution in [-0.4, -0.2) is 33.8 Å². The monoisotopic (exact) mass is 312 g/mol. The Bertz CT molecular complexity index is 732. The summed E-state index contributed by atoms with van der Waals surface area (Å²) in [5.74, 6) is 1.27. The number of nitrogens with zero attached hydrogens (tertiary/aromatic N) is 2. The molecule has 1 aromatic heterocycles. The lowest BCUT2D eigenvalue weighted by atomic mass is 10.2. The molecule has 0 amide bonds. The molecule has 0 aliphatic carbocycles. The highest BCUT2D eigenvalue weighted by Gasteiger charge is 2.09. The smallest absolute Gasteiger partial charge is 0.127 e. The van der Waals surface area contributed by atoms with Gasteiger partial charge in [-0.15, -0.1) is 16.9 Å². The minimum atomic E-state index is -0.564. The number of benzene rings is 2. The number of thioether (sulfide) groups is 1. The topological polar surface area (TPSA) is 55.2 Å². The van der Waals surface area contributed by atoms with Gasteiger partial charge in [-0.1, -0.05) is 42.5 Å². The average molecular weight is 312 g/mol. The third kappa shape index (κ3) is 3.75. The van der Waals surface area contributed by atoms with E-state index in [0.29, 0.717) is 5.75 Å². The van der Waals surface area contributed by atoms with Crippen LogP contribution < -0.4 is 4.74 Å². The normalized spacial score (nSPS) is 12.2. The lowest BCUT2D eigenvalue weighted by Gasteiger charge is -2.12. The molecule has 1 N–H and O–H groups in total. The molecule has 4 nitrogen and oxygen atoms in total. The zero-order chi connectivity index (χ0) is 15.2. The van der Waals surface area contributed by atoms with E-state index in [0.717, 1.165) is 21.5 Å². The van der Waals surface area contributed by atoms with Crippen molar-refractivity contribution in [2.24, 2.45) is 0 Å². The van der Waals surface area contributed by atoms with Crippen molar-refractivity contribution < 1.29 is 9.84 Å². The molecule has 0 saturated carbocycles. The van der Waals surface area contributed by atoms with Crippen molar-refractivity contribution in [2.45, 2.75) is 11.1 Å². The van der Waals surface area contributed by atoms with Crippen molar-refractivity contribution in [3.8, 4) is 5.75 Å². The summed E-state index contributed by atoms with van der Waals surface area (Å²) in [6.45, 7) is 0.259. The standard InChI is InChI=1S/C17H16N2O2S/c20-14(11-21-15-7-2-1-3-8-15)12-22-17-16-9-5-4-6-13(16)10-18-19-17/h1-10,14,20H,11-12H2/t14-/m1/s1. The van der Waals surface area contributed by atoms with Gasteiger partial charge in [0.25, 0.3) is 0 Å². The lowest BCUT2D eigenvalue weighted by Crippen LogP contribution is -2.20. The Hall–Kier alpha value is -2.11. The first-order valence-corrected chi connectivity index (χ1v) is 8.00. The molecule has 0 aliphatic rings. The molecule has 1 heterocycles. The van der Waals surface area contributed by atoms with E-state index in [4.69, 9.17) is 4.74 Å². The van der Waals surface area contributed by atoms with Crippen LogP contribution in [0.4, 0.5) is 0 Å². The second-order valence-electron chi connectivity index (χ2n) is 4.83. The summed E-state index contributed by atoms with van der Waals surface area (Å²) in [5.41, 5.74) is 0. The van der Waals surface area contributed by atoms with Gasteiger partial charge >= 0.3 is 0 Å². The fourth-order valence-electron chi connectivity index (χ4n) is 2.04. The van der Waals surface area contributed by atoms with E-state index in [1.165, 1.54) is 11.8 Å². The summed E-state index contributed by atoms with van der Waals surface area (Å²) in [7, 11) is 0. The van der Waals surface area contributed by atoms with E-state index in [-0.39, 0.29) is 6.61 Å². The van der Waals surface area contributed by atoms with Crippen LogP contribution in [0.3, 0.4) is 0 Å². The molecule has 0 saturated heterocycles. The zero-order valence-electron chi connectivity index (χ0n) is 11.9. The SMILES string of the molecule is O[C@H](COc1ccccc1)CSc1nncc2ccccc12. The van der Waals surface area contributed by atoms with E-state index < -0.39 is 6.10 Å². The number of rotatable bonds is 6. The number of fused-ring (bicyclic) bond motifs is 1. The molecule has 5 heteroatoms. The van der Waals surface area contributed by atoms with E-state index in [1.807, 2.05) is 54.6 Å². The van der Waals surface area contributed by atoms with Gasteiger partial charge in [0, 0.05) is 16.5 Å². The van der Waals surface area contributed by atoms with E-state index in [1.54, 1.807) is 6.20 Å². The van der Waals surface area contributed by atoms with Crippen molar-refractivity contribution in [1.82, 2.24) is 10.2 Å². The molecule has 3 rings (SSSR count). The van der Waals surface area contributed by atoms with Gasteiger partial charge in [0.2, 0.25) is 0 Å². The highest BCUT2D eigenvalue weighted by molar-refractivity contribution is 7.99. The van der Waals surface area contributed by atoms with Gasteiger partial charge in [-0.2, -0.15) is 5.10 Å². The Morgan fingerprint density at radius 1 is 1.05 bits per heavy atom. The first-order chi connectivity index (χ1) is 10.8. The largest absolute Gasteiger partial charge is 0.491 e. The van der Waals surface area contributed by atoms with Crippen LogP contribution in [0.2, 0.25) is 0 Å². The maximum absolute atomic E-state index is 10.0. The fraction of sp³-hybridized carbons (Fsp3) is 0.176. The molecule has 1 atom stereocenters. The summed E-state index contributed by atoms with van der Waals surface area (Å²) in [6.07, 6.45) is 1.18. The number of aromatic nitrogens is 2. The molecule has 0 aliphatic heterocycles. The van der Waals surface area contributed by atoms with Gasteiger partial charge in [-0.3, -0.25) is 0 Å². The van der Waals surface area contributed by atoms with Crippen molar-refractivity contribution in [3.05, 3.63) is 60.8 Å². The molecule has 2 aromatic carbocycles. The summed E-state index contributed by atoms with van der Waals surface area (Å²) < 4.78 is 5.54. The molecular weight excluding hydrogens is 296 g/mol. The number of para-hydroxylation sites is 1. The van der Waals surface area contributed by atoms with Crippen LogP contribution in [0.25, 0.3) is 10.8 Å². The summed E-state index contributed by atoms with van der Waals surface area (Å²) in [6, 6.07) is 17.4. The van der Waals surface area contributed by atoms with Gasteiger partial charge in [-0.25, -0.2) is 0 Å². The predicted molar refractivity (Wildman–Crippen MR) is 88.2 cm³/mol. The third-order valence-corrected chi connectivity index (χ3v) is 4.26. The third-order valence-electron chi connectivity index (χ3n) is 3.13. The van der Waals surface area contributed by atoms with Crippen LogP contribution in [0.1, 0.15) is 0 Å². The number of hydrogen-bond donors (Lipinski definition) is 1. The highest BCUT2D eigenvalue weighted by atomic mass is 32.2. The number of ether oxygens (including phenoxy) is 1. The maximum atomic E-state index is 10.0. The van der Waals surface area contributed by atoms with Crippen LogP contribution in [0.5, 0.6) is 5.75 Å². The second kappa shape index (κ2) is 7.24. The summed E-state index contributed by atoms with van der Waals surface area (Å²) >= 11 is 1.49. The van der Waals surface area contributed by atoms with E-state index in [9.17, 15) is 5.11 Å². The molecule has 0 bridgehead atoms. The minimum absolute atomic E-state index is 0.259. The Morgan fingerprint density at radius 2 is 1.82 bits per heavy atom. The first kappa shape index (κ1) is 14.8. The predicted octanol–water partition coefficient (Wildman–Crippen LogP) is 3.16. The Labute approximate surface area is 133 Å². The number of hydrogen-bond acceptors (Lipinski definition) is 5. The van der Waals surface area contributed by atoms with Crippen molar-refractivity contribution in [2.75, 3.05) is 12.4 Å². The summed E-state index contributed by atoms with van der Waals surface area (Å²) in [4.78, 5) is 0. The van der Waals surface area contributed by atoms with Gasteiger partial charge in [0.05, 0.1) is 12.3 Å². The second-order valence-corrected chi connectivity index (χ2v) is 5.83. The number of aliphatic hydroxyl groups excluding tert-OH is 1. The molecule has 112 valence electrons. The maximum Gasteiger partial charge on any atom is 0.127 e. The first-order valence-electron chi connectivity index (χ1n) is 7.02. The van der Waals surface area contributed by atoms with Gasteiger partial charge in [0.15, 0.2) is 0 Å². The van der Waals surface area contributed by atoms with Crippen molar-refractivity contribution in [3.63, 3.8) is 0 Å². The quantitative estimate of drug-likeness (QED) is 0.709. The average Bonchev–Trinajstić information content (AvgIpc) is 2.59. The van der Waals surface area contributed by atoms with Gasteiger partial charge in [0.1, 0.15) is 17.4 Å². The van der Waals surface area contributed by atoms with Crippen LogP contribution in [-0.2, 0) is 0 Å². The molecule has 3 aromatic rings. The lowest BCUT2D eigenvalue weighted by molar-refractivity contribution is 0.126. The molecule has 0 radical (unpaired) electrons. The molecule has 0 unspecified atom stereocenters. The van der Waals surface area contributed by atoms with E-state index in [2.05, 4.69) is 10.2 Å². The summed E-state index contributed by atoms with van der Waals surface area (Å²) in [5, 5.41) is 21.1. The molecular formula is C17H16N2O2S. The van der Waals surface area contributed by atoms with Gasteiger partial charge < -0.3 is 9.84 Å². The Balaban J connectivity index is 1.57. The minimum Gasteiger partial charge on any atom is -0.491 e. The highest BCUT2D eigenvalue weighted by Crippen LogP contribution is 2.25.